The summed E-state index contributed by atoms with van der Waals surface area (Å²) < 4.78 is 0. The Kier molecular flexibility index (Phi) is 12.2. The summed E-state index contributed by atoms with van der Waals surface area (Å²) in [5, 5.41) is 37.3. The Morgan fingerprint density at radius 3 is 2.06 bits per heavy atom. The molecule has 4 unspecified atom stereocenters. The molecule has 32 heavy (non-hydrogen) atoms. The fraction of sp³-hybridized carbons (Fsp3) is 0.737. The minimum atomic E-state index is -1.55. The molecule has 1 aliphatic rings. The average molecular weight is 460 g/mol. The van der Waals surface area contributed by atoms with Crippen LogP contribution < -0.4 is 27.0 Å². The van der Waals surface area contributed by atoms with Gasteiger partial charge in [0.15, 0.2) is 0 Å². The van der Waals surface area contributed by atoms with Crippen LogP contribution in [-0.4, -0.2) is 88.8 Å². The van der Waals surface area contributed by atoms with E-state index >= 15 is 0 Å². The molecule has 1 aliphatic heterocycles. The summed E-state index contributed by atoms with van der Waals surface area (Å²) in [7, 11) is 0. The quantitative estimate of drug-likeness (QED) is 0.118. The topological polar surface area (TPSA) is 220 Å². The number of hydrogen-bond acceptors (Lipinski definition) is 8. The second-order valence-corrected chi connectivity index (χ2v) is 7.57. The number of nitrogens with two attached hydrogens (primary N) is 1. The minimum Gasteiger partial charge on any atom is -0.481 e. The van der Waals surface area contributed by atoms with Gasteiger partial charge in [0, 0.05) is 6.42 Å². The number of hydrogen-bond donors (Lipinski definition) is 8. The van der Waals surface area contributed by atoms with Gasteiger partial charge in [0.05, 0.1) is 12.6 Å². The van der Waals surface area contributed by atoms with Crippen molar-refractivity contribution in [1.29, 1.82) is 0 Å². The third-order valence-corrected chi connectivity index (χ3v) is 5.03. The lowest BCUT2D eigenvalue weighted by atomic mass is 10.1. The SMILES string of the molecule is NCCCCC(NC(=O)C(CCC(=O)O)NC(=O)C1CCCN1)C(=O)NC(CO)C(=O)O. The van der Waals surface area contributed by atoms with Crippen LogP contribution in [-0.2, 0) is 24.0 Å². The Morgan fingerprint density at radius 1 is 0.938 bits per heavy atom. The number of nitrogens with one attached hydrogen (secondary N) is 4. The van der Waals surface area contributed by atoms with Gasteiger partial charge in [-0.05, 0) is 51.6 Å². The van der Waals surface area contributed by atoms with E-state index in [0.717, 1.165) is 6.42 Å². The van der Waals surface area contributed by atoms with Crippen LogP contribution in [0.15, 0.2) is 0 Å². The van der Waals surface area contributed by atoms with Crippen LogP contribution in [0.3, 0.4) is 0 Å². The maximum absolute atomic E-state index is 12.8. The van der Waals surface area contributed by atoms with Crippen LogP contribution in [0.1, 0.15) is 44.9 Å². The first-order chi connectivity index (χ1) is 15.2. The van der Waals surface area contributed by atoms with E-state index in [1.807, 2.05) is 0 Å². The summed E-state index contributed by atoms with van der Waals surface area (Å²) in [4.78, 5) is 59.9. The van der Waals surface area contributed by atoms with E-state index in [1.165, 1.54) is 0 Å². The molecule has 182 valence electrons. The lowest BCUT2D eigenvalue weighted by Crippen LogP contribution is -2.57. The highest BCUT2D eigenvalue weighted by Crippen LogP contribution is 2.08. The number of aliphatic carboxylic acids is 2. The fourth-order valence-corrected chi connectivity index (χ4v) is 3.21. The van der Waals surface area contributed by atoms with Crippen molar-refractivity contribution >= 4 is 29.7 Å². The van der Waals surface area contributed by atoms with Crippen LogP contribution in [0.4, 0.5) is 0 Å². The van der Waals surface area contributed by atoms with Crippen molar-refractivity contribution in [3.63, 3.8) is 0 Å². The highest BCUT2D eigenvalue weighted by Gasteiger charge is 2.31. The zero-order valence-electron chi connectivity index (χ0n) is 17.8. The third-order valence-electron chi connectivity index (χ3n) is 5.03. The molecule has 0 aliphatic carbocycles. The van der Waals surface area contributed by atoms with E-state index in [9.17, 15) is 24.0 Å². The Bertz CT molecular complexity index is 668. The van der Waals surface area contributed by atoms with Crippen LogP contribution in [0, 0.1) is 0 Å². The smallest absolute Gasteiger partial charge is 0.328 e. The summed E-state index contributed by atoms with van der Waals surface area (Å²) in [6.45, 7) is 0.168. The van der Waals surface area contributed by atoms with E-state index in [1.54, 1.807) is 0 Å². The van der Waals surface area contributed by atoms with Crippen molar-refractivity contribution in [3.8, 4) is 0 Å². The van der Waals surface area contributed by atoms with E-state index in [2.05, 4.69) is 21.3 Å². The lowest BCUT2D eigenvalue weighted by Gasteiger charge is -2.25. The largest absolute Gasteiger partial charge is 0.481 e. The summed E-state index contributed by atoms with van der Waals surface area (Å²) in [6.07, 6.45) is 1.94. The maximum Gasteiger partial charge on any atom is 0.328 e. The molecular weight excluding hydrogens is 426 g/mol. The van der Waals surface area contributed by atoms with Crippen molar-refractivity contribution in [2.45, 2.75) is 69.1 Å². The minimum absolute atomic E-state index is 0.135. The molecular formula is C19H33N5O8. The molecule has 1 fully saturated rings. The third kappa shape index (κ3) is 9.58. The number of aliphatic hydroxyl groups is 1. The standard InChI is InChI=1S/C19H33N5O8/c20-8-2-1-4-12(17(29)24-14(10-25)19(31)32)22-18(30)13(6-7-15(26)27)23-16(28)11-5-3-9-21-11/h11-14,21,25H,1-10,20H2,(H,22,30)(H,23,28)(H,24,29)(H,26,27)(H,31,32). The molecule has 3 amide bonds. The highest BCUT2D eigenvalue weighted by molar-refractivity contribution is 5.94. The molecule has 0 bridgehead atoms. The van der Waals surface area contributed by atoms with Crippen LogP contribution in [0.25, 0.3) is 0 Å². The number of amides is 3. The normalized spacial score (nSPS) is 18.2. The first kappa shape index (κ1) is 27.3. The first-order valence-electron chi connectivity index (χ1n) is 10.6. The Labute approximate surface area is 185 Å². The lowest BCUT2D eigenvalue weighted by molar-refractivity contribution is -0.143. The number of carbonyl (C=O) groups excluding carboxylic acids is 3. The Morgan fingerprint density at radius 2 is 1.56 bits per heavy atom. The van der Waals surface area contributed by atoms with Crippen LogP contribution in [0.5, 0.6) is 0 Å². The number of aliphatic hydroxyl groups excluding tert-OH is 1. The predicted octanol–water partition coefficient (Wildman–Crippen LogP) is -2.74. The van der Waals surface area contributed by atoms with Crippen molar-refractivity contribution in [2.24, 2.45) is 5.73 Å². The second-order valence-electron chi connectivity index (χ2n) is 7.57. The molecule has 0 radical (unpaired) electrons. The summed E-state index contributed by atoms with van der Waals surface area (Å²) >= 11 is 0. The molecule has 13 nitrogen and oxygen atoms in total. The molecule has 1 rings (SSSR count). The zero-order valence-corrected chi connectivity index (χ0v) is 17.8. The molecule has 0 saturated carbocycles. The van der Waals surface area contributed by atoms with Crippen molar-refractivity contribution in [3.05, 3.63) is 0 Å². The summed E-state index contributed by atoms with van der Waals surface area (Å²) in [5.74, 6) is -4.62. The Balaban J connectivity index is 2.89. The van der Waals surface area contributed by atoms with Crippen molar-refractivity contribution < 1.29 is 39.3 Å². The van der Waals surface area contributed by atoms with E-state index in [4.69, 9.17) is 21.1 Å². The molecule has 0 aromatic rings. The van der Waals surface area contributed by atoms with Gasteiger partial charge in [0.25, 0.3) is 0 Å². The monoisotopic (exact) mass is 459 g/mol. The van der Waals surface area contributed by atoms with Gasteiger partial charge in [0.1, 0.15) is 18.1 Å². The van der Waals surface area contributed by atoms with Crippen molar-refractivity contribution in [1.82, 2.24) is 21.3 Å². The van der Waals surface area contributed by atoms with Gasteiger partial charge in [-0.2, -0.15) is 0 Å². The maximum atomic E-state index is 12.8. The molecule has 0 aromatic heterocycles. The second kappa shape index (κ2) is 14.3. The van der Waals surface area contributed by atoms with Crippen LogP contribution >= 0.6 is 0 Å². The van der Waals surface area contributed by atoms with Gasteiger partial charge in [0.2, 0.25) is 17.7 Å². The molecule has 4 atom stereocenters. The number of carboxylic acid groups (broad SMARTS) is 2. The van der Waals surface area contributed by atoms with E-state index in [0.29, 0.717) is 32.4 Å². The Hall–Kier alpha value is -2.77. The molecule has 0 spiro atoms. The number of rotatable bonds is 15. The van der Waals surface area contributed by atoms with E-state index < -0.39 is 60.4 Å². The molecule has 1 saturated heterocycles. The number of carbonyl (C=O) groups is 5. The molecule has 9 N–H and O–H groups in total. The average Bonchev–Trinajstić information content (AvgIpc) is 3.28. The zero-order chi connectivity index (χ0) is 24.1. The van der Waals surface area contributed by atoms with Gasteiger partial charge in [-0.25, -0.2) is 4.79 Å². The number of unbranched alkanes of at least 4 members (excludes halogenated alkanes) is 1. The number of carboxylic acids is 2. The predicted molar refractivity (Wildman–Crippen MR) is 111 cm³/mol. The van der Waals surface area contributed by atoms with Gasteiger partial charge in [-0.15, -0.1) is 0 Å². The van der Waals surface area contributed by atoms with Gasteiger partial charge in [-0.3, -0.25) is 19.2 Å². The molecule has 1 heterocycles. The fourth-order valence-electron chi connectivity index (χ4n) is 3.21. The van der Waals surface area contributed by atoms with Gasteiger partial charge < -0.3 is 42.3 Å². The summed E-state index contributed by atoms with van der Waals surface area (Å²) in [5.41, 5.74) is 5.46. The highest BCUT2D eigenvalue weighted by atomic mass is 16.4. The summed E-state index contributed by atoms with van der Waals surface area (Å²) in [6, 6.07) is -4.39. The molecule has 0 aromatic carbocycles. The molecule has 13 heteroatoms. The van der Waals surface area contributed by atoms with Gasteiger partial charge in [-0.1, -0.05) is 0 Å². The van der Waals surface area contributed by atoms with Crippen molar-refractivity contribution in [2.75, 3.05) is 19.7 Å². The first-order valence-corrected chi connectivity index (χ1v) is 10.6. The van der Waals surface area contributed by atoms with E-state index in [-0.39, 0.29) is 19.3 Å². The van der Waals surface area contributed by atoms with Crippen LogP contribution in [0.2, 0.25) is 0 Å². The van der Waals surface area contributed by atoms with Gasteiger partial charge >= 0.3 is 11.9 Å².